The van der Waals surface area contributed by atoms with Gasteiger partial charge in [-0.1, -0.05) is 42.8 Å². The number of hydrogen-bond donors (Lipinski definition) is 1. The first-order valence-electron chi connectivity index (χ1n) is 6.59. The molecule has 0 aliphatic heterocycles. The first-order valence-corrected chi connectivity index (χ1v) is 8.84. The zero-order chi connectivity index (χ0) is 15.6. The molecule has 0 saturated carbocycles. The van der Waals surface area contributed by atoms with Crippen molar-refractivity contribution in [3.8, 4) is 0 Å². The topological polar surface area (TPSA) is 12.0 Å². The van der Waals surface area contributed by atoms with Gasteiger partial charge in [-0.2, -0.15) is 0 Å². The van der Waals surface area contributed by atoms with Gasteiger partial charge in [-0.25, -0.2) is 4.39 Å². The molecule has 2 aromatic rings. The Morgan fingerprint density at radius 3 is 2.67 bits per heavy atom. The van der Waals surface area contributed by atoms with Gasteiger partial charge >= 0.3 is 0 Å². The molecule has 1 N–H and O–H groups in total. The van der Waals surface area contributed by atoms with Gasteiger partial charge < -0.3 is 5.32 Å². The van der Waals surface area contributed by atoms with Crippen LogP contribution >= 0.6 is 50.1 Å². The molecule has 0 amide bonds. The van der Waals surface area contributed by atoms with E-state index in [2.05, 4.69) is 56.8 Å². The van der Waals surface area contributed by atoms with Crippen LogP contribution in [0.5, 0.6) is 0 Å². The van der Waals surface area contributed by atoms with Gasteiger partial charge in [0.05, 0.1) is 11.1 Å². The monoisotopic (exact) mass is 481 g/mol. The number of benzene rings is 2. The molecule has 0 spiro atoms. The molecule has 0 bridgehead atoms. The van der Waals surface area contributed by atoms with Crippen LogP contribution in [-0.4, -0.2) is 6.54 Å². The summed E-state index contributed by atoms with van der Waals surface area (Å²) in [5.74, 6) is -0.380. The van der Waals surface area contributed by atoms with Gasteiger partial charge in [-0.3, -0.25) is 0 Å². The Morgan fingerprint density at radius 1 is 1.29 bits per heavy atom. The van der Waals surface area contributed by atoms with Crippen LogP contribution in [-0.2, 0) is 0 Å². The van der Waals surface area contributed by atoms with Crippen LogP contribution in [0.3, 0.4) is 0 Å². The van der Waals surface area contributed by atoms with Crippen molar-refractivity contribution in [2.45, 2.75) is 19.9 Å². The van der Waals surface area contributed by atoms with Crippen molar-refractivity contribution < 1.29 is 4.39 Å². The molecule has 2 rings (SSSR count). The molecule has 1 unspecified atom stereocenters. The molecule has 0 aromatic heterocycles. The Kier molecular flexibility index (Phi) is 6.05. The quantitative estimate of drug-likeness (QED) is 0.426. The standard InChI is InChI=1S/C16H15BrClFIN/c1-3-21-16(11-6-4-5-9(2)15(11)20)10-7-8-12(17)13(18)14(10)19/h4-8,16,21H,3H2,1-2H3. The normalized spacial score (nSPS) is 12.5. The molecule has 1 nitrogen and oxygen atoms in total. The highest BCUT2D eigenvalue weighted by Crippen LogP contribution is 2.34. The van der Waals surface area contributed by atoms with Gasteiger partial charge in [-0.05, 0) is 69.2 Å². The van der Waals surface area contributed by atoms with Crippen molar-refractivity contribution in [1.29, 1.82) is 0 Å². The third-order valence-electron chi connectivity index (χ3n) is 3.32. The Hall–Kier alpha value is -0.170. The zero-order valence-corrected chi connectivity index (χ0v) is 16.2. The van der Waals surface area contributed by atoms with Crippen LogP contribution in [0.15, 0.2) is 34.8 Å². The molecule has 2 aromatic carbocycles. The molecule has 0 fully saturated rings. The summed E-state index contributed by atoms with van der Waals surface area (Å²) in [6.07, 6.45) is 0. The Morgan fingerprint density at radius 2 is 2.00 bits per heavy atom. The predicted molar refractivity (Wildman–Crippen MR) is 98.5 cm³/mol. The van der Waals surface area contributed by atoms with Gasteiger partial charge in [0, 0.05) is 13.6 Å². The molecule has 21 heavy (non-hydrogen) atoms. The number of aryl methyl sites for hydroxylation is 1. The first-order chi connectivity index (χ1) is 9.97. The second-order valence-electron chi connectivity index (χ2n) is 4.73. The Bertz CT molecular complexity index is 663. The van der Waals surface area contributed by atoms with Crippen molar-refractivity contribution in [1.82, 2.24) is 5.32 Å². The average molecular weight is 483 g/mol. The van der Waals surface area contributed by atoms with Crippen molar-refractivity contribution in [3.63, 3.8) is 0 Å². The Labute approximate surface area is 151 Å². The summed E-state index contributed by atoms with van der Waals surface area (Å²) in [7, 11) is 0. The smallest absolute Gasteiger partial charge is 0.148 e. The van der Waals surface area contributed by atoms with E-state index in [1.54, 1.807) is 12.1 Å². The molecule has 5 heteroatoms. The van der Waals surface area contributed by atoms with Gasteiger partial charge in [0.2, 0.25) is 0 Å². The van der Waals surface area contributed by atoms with Gasteiger partial charge in [0.1, 0.15) is 5.82 Å². The van der Waals surface area contributed by atoms with E-state index < -0.39 is 0 Å². The van der Waals surface area contributed by atoms with E-state index in [4.69, 9.17) is 11.6 Å². The minimum absolute atomic E-state index is 0.123. The molecule has 1 atom stereocenters. The second kappa shape index (κ2) is 7.40. The van der Waals surface area contributed by atoms with E-state index in [9.17, 15) is 4.39 Å². The molecular formula is C16H15BrClFIN. The highest BCUT2D eigenvalue weighted by atomic mass is 127. The SMILES string of the molecule is CCNC(c1ccc(Br)c(Cl)c1F)c1cccc(C)c1I. The van der Waals surface area contributed by atoms with Crippen LogP contribution in [0.25, 0.3) is 0 Å². The largest absolute Gasteiger partial charge is 0.306 e. The first kappa shape index (κ1) is 17.2. The summed E-state index contributed by atoms with van der Waals surface area (Å²) in [6.45, 7) is 4.80. The molecule has 0 radical (unpaired) electrons. The minimum Gasteiger partial charge on any atom is -0.306 e. The summed E-state index contributed by atoms with van der Waals surface area (Å²) in [5.41, 5.74) is 2.81. The van der Waals surface area contributed by atoms with Gasteiger partial charge in [-0.15, -0.1) is 0 Å². The van der Waals surface area contributed by atoms with Crippen molar-refractivity contribution in [3.05, 3.63) is 65.9 Å². The fraction of sp³-hybridized carbons (Fsp3) is 0.250. The third kappa shape index (κ3) is 3.60. The molecule has 0 aliphatic carbocycles. The molecule has 112 valence electrons. The minimum atomic E-state index is -0.380. The Balaban J connectivity index is 2.59. The van der Waals surface area contributed by atoms with Gasteiger partial charge in [0.25, 0.3) is 0 Å². The van der Waals surface area contributed by atoms with Crippen molar-refractivity contribution in [2.75, 3.05) is 6.54 Å². The summed E-state index contributed by atoms with van der Waals surface area (Å²) in [6, 6.07) is 9.42. The van der Waals surface area contributed by atoms with Crippen LogP contribution < -0.4 is 5.32 Å². The molecule has 0 aliphatic rings. The maximum atomic E-state index is 14.5. The lowest BCUT2D eigenvalue weighted by atomic mass is 9.97. The number of nitrogens with one attached hydrogen (secondary N) is 1. The fourth-order valence-corrected chi connectivity index (χ4v) is 3.40. The zero-order valence-electron chi connectivity index (χ0n) is 11.7. The lowest BCUT2D eigenvalue weighted by molar-refractivity contribution is 0.557. The summed E-state index contributed by atoms with van der Waals surface area (Å²) >= 11 is 11.6. The second-order valence-corrected chi connectivity index (χ2v) is 7.04. The van der Waals surface area contributed by atoms with Gasteiger partial charge in [0.15, 0.2) is 0 Å². The lowest BCUT2D eigenvalue weighted by Gasteiger charge is -2.22. The predicted octanol–water partition coefficient (Wildman–Crippen LogP) is 5.85. The van der Waals surface area contributed by atoms with Crippen LogP contribution in [0.2, 0.25) is 5.02 Å². The van der Waals surface area contributed by atoms with Crippen LogP contribution in [0.1, 0.15) is 29.7 Å². The van der Waals surface area contributed by atoms with E-state index in [-0.39, 0.29) is 16.9 Å². The fourth-order valence-electron chi connectivity index (χ4n) is 2.25. The van der Waals surface area contributed by atoms with Crippen molar-refractivity contribution in [2.24, 2.45) is 0 Å². The summed E-state index contributed by atoms with van der Waals surface area (Å²) in [5, 5.41) is 3.48. The average Bonchev–Trinajstić information content (AvgIpc) is 2.46. The van der Waals surface area contributed by atoms with Crippen molar-refractivity contribution >= 4 is 50.1 Å². The number of rotatable bonds is 4. The molecule has 0 saturated heterocycles. The van der Waals surface area contributed by atoms with E-state index in [0.29, 0.717) is 10.0 Å². The summed E-state index contributed by atoms with van der Waals surface area (Å²) in [4.78, 5) is 0. The number of halogens is 4. The number of hydrogen-bond acceptors (Lipinski definition) is 1. The highest BCUT2D eigenvalue weighted by Gasteiger charge is 2.22. The van der Waals surface area contributed by atoms with E-state index in [0.717, 1.165) is 15.7 Å². The molecule has 0 heterocycles. The maximum Gasteiger partial charge on any atom is 0.148 e. The maximum absolute atomic E-state index is 14.5. The van der Waals surface area contributed by atoms with E-state index >= 15 is 0 Å². The molecular weight excluding hydrogens is 467 g/mol. The van der Waals surface area contributed by atoms with Crippen LogP contribution in [0, 0.1) is 16.3 Å². The van der Waals surface area contributed by atoms with E-state index in [1.165, 1.54) is 5.56 Å². The summed E-state index contributed by atoms with van der Waals surface area (Å²) < 4.78 is 16.3. The lowest BCUT2D eigenvalue weighted by Crippen LogP contribution is -2.24. The van der Waals surface area contributed by atoms with Crippen LogP contribution in [0.4, 0.5) is 4.39 Å². The third-order valence-corrected chi connectivity index (χ3v) is 6.05. The van der Waals surface area contributed by atoms with E-state index in [1.807, 2.05) is 19.1 Å². The highest BCUT2D eigenvalue weighted by molar-refractivity contribution is 14.1.